The molecule has 20 heavy (non-hydrogen) atoms. The van der Waals surface area contributed by atoms with Gasteiger partial charge in [0.2, 0.25) is 0 Å². The van der Waals surface area contributed by atoms with E-state index < -0.39 is 12.1 Å². The zero-order chi connectivity index (χ0) is 14.0. The van der Waals surface area contributed by atoms with E-state index in [4.69, 9.17) is 10.5 Å². The van der Waals surface area contributed by atoms with Gasteiger partial charge in [-0.25, -0.2) is 9.78 Å². The summed E-state index contributed by atoms with van der Waals surface area (Å²) in [5.74, 6) is 0.0787. The Bertz CT molecular complexity index is 506. The summed E-state index contributed by atoms with van der Waals surface area (Å²) < 4.78 is 5.51. The Morgan fingerprint density at radius 1 is 1.60 bits per heavy atom. The van der Waals surface area contributed by atoms with Crippen molar-refractivity contribution in [3.8, 4) is 0 Å². The average Bonchev–Trinajstić information content (AvgIpc) is 2.39. The fraction of sp³-hybridized carbons (Fsp3) is 0.462. The molecule has 0 radical (unpaired) electrons. The van der Waals surface area contributed by atoms with Crippen LogP contribution in [-0.4, -0.2) is 41.0 Å². The van der Waals surface area contributed by atoms with E-state index >= 15 is 0 Å². The highest BCUT2D eigenvalue weighted by molar-refractivity contribution is 6.02. The molecule has 1 aromatic rings. The molecular formula is C13H20N4O3. The number of carbonyl (C=O) groups is 2. The van der Waals surface area contributed by atoms with Gasteiger partial charge in [0.25, 0.3) is 5.91 Å². The first-order chi connectivity index (χ1) is 9.04. The van der Waals surface area contributed by atoms with Gasteiger partial charge in [-0.05, 0) is 24.6 Å². The minimum Gasteiger partial charge on any atom is -0.384 e. The monoisotopic (exact) mass is 280 g/mol. The first kappa shape index (κ1) is 15.9. The van der Waals surface area contributed by atoms with Crippen molar-refractivity contribution in [2.24, 2.45) is 0 Å². The van der Waals surface area contributed by atoms with E-state index in [1.807, 2.05) is 0 Å². The summed E-state index contributed by atoms with van der Waals surface area (Å²) in [5.41, 5.74) is 6.39. The Labute approximate surface area is 118 Å². The highest BCUT2D eigenvalue weighted by Gasteiger charge is 2.48. The number of imide groups is 1. The number of nitrogen functional groups attached to an aromatic ring is 1. The third-order valence-corrected chi connectivity index (χ3v) is 3.03. The molecule has 1 saturated heterocycles. The zero-order valence-electron chi connectivity index (χ0n) is 10.8. The Balaban J connectivity index is 0.00000200. The standard InChI is InChI=1S/C12H16N4O3.CH4/c1-7-10(11(17)16(7)12(18)14-2)19-6-8-3-4-15-9(13)5-8;/h3-5,7,10H,6H2,1-2H3,(H2,13,15)(H,14,18);1H4/t7-,10-;/m1./s1. The second-order valence-electron chi connectivity index (χ2n) is 4.32. The molecule has 7 heteroatoms. The maximum absolute atomic E-state index is 11.8. The van der Waals surface area contributed by atoms with E-state index in [2.05, 4.69) is 10.3 Å². The Morgan fingerprint density at radius 2 is 2.30 bits per heavy atom. The summed E-state index contributed by atoms with van der Waals surface area (Å²) in [7, 11) is 1.48. The minimum absolute atomic E-state index is 0. The number of nitrogens with one attached hydrogen (secondary N) is 1. The number of pyridine rings is 1. The molecular weight excluding hydrogens is 260 g/mol. The predicted molar refractivity (Wildman–Crippen MR) is 74.7 cm³/mol. The van der Waals surface area contributed by atoms with Crippen molar-refractivity contribution in [3.05, 3.63) is 23.9 Å². The smallest absolute Gasteiger partial charge is 0.324 e. The number of amides is 3. The second-order valence-corrected chi connectivity index (χ2v) is 4.32. The number of aromatic nitrogens is 1. The van der Waals surface area contributed by atoms with Gasteiger partial charge in [0, 0.05) is 13.2 Å². The van der Waals surface area contributed by atoms with Crippen LogP contribution in [0, 0.1) is 0 Å². The normalized spacial score (nSPS) is 20.9. The van der Waals surface area contributed by atoms with Gasteiger partial charge in [-0.1, -0.05) is 7.43 Å². The lowest BCUT2D eigenvalue weighted by Gasteiger charge is -2.42. The van der Waals surface area contributed by atoms with Gasteiger partial charge in [-0.2, -0.15) is 0 Å². The van der Waals surface area contributed by atoms with Crippen LogP contribution < -0.4 is 11.1 Å². The van der Waals surface area contributed by atoms with E-state index in [9.17, 15) is 9.59 Å². The largest absolute Gasteiger partial charge is 0.384 e. The average molecular weight is 280 g/mol. The van der Waals surface area contributed by atoms with E-state index in [-0.39, 0.29) is 26.0 Å². The van der Waals surface area contributed by atoms with Gasteiger partial charge in [0.1, 0.15) is 5.82 Å². The molecule has 2 atom stereocenters. The van der Waals surface area contributed by atoms with Gasteiger partial charge in [-0.15, -0.1) is 0 Å². The van der Waals surface area contributed by atoms with Gasteiger partial charge >= 0.3 is 6.03 Å². The van der Waals surface area contributed by atoms with Crippen molar-refractivity contribution < 1.29 is 14.3 Å². The molecule has 110 valence electrons. The molecule has 2 heterocycles. The lowest BCUT2D eigenvalue weighted by Crippen LogP contribution is -2.67. The van der Waals surface area contributed by atoms with Crippen LogP contribution in [0.4, 0.5) is 10.6 Å². The predicted octanol–water partition coefficient (Wildman–Crippen LogP) is 0.755. The number of rotatable bonds is 3. The summed E-state index contributed by atoms with van der Waals surface area (Å²) in [4.78, 5) is 28.2. The molecule has 1 fully saturated rings. The SMILES string of the molecule is C.CNC(=O)N1C(=O)[C@H](OCc2ccnc(N)c2)[C@H]1C. The summed E-state index contributed by atoms with van der Waals surface area (Å²) >= 11 is 0. The summed E-state index contributed by atoms with van der Waals surface area (Å²) in [6.07, 6.45) is 0.989. The number of carbonyl (C=O) groups excluding carboxylic acids is 2. The number of ether oxygens (including phenoxy) is 1. The molecule has 1 aliphatic rings. The van der Waals surface area contributed by atoms with Gasteiger partial charge in [-0.3, -0.25) is 9.69 Å². The third kappa shape index (κ3) is 2.88. The van der Waals surface area contributed by atoms with Crippen molar-refractivity contribution in [2.45, 2.75) is 33.1 Å². The van der Waals surface area contributed by atoms with E-state index in [0.29, 0.717) is 5.82 Å². The molecule has 0 saturated carbocycles. The topological polar surface area (TPSA) is 97.5 Å². The lowest BCUT2D eigenvalue weighted by molar-refractivity contribution is -0.166. The van der Waals surface area contributed by atoms with Crippen molar-refractivity contribution in [2.75, 3.05) is 12.8 Å². The number of β-lactam (4-membered cyclic amide) rings is 1. The Hall–Kier alpha value is -2.15. The molecule has 0 spiro atoms. The molecule has 2 rings (SSSR count). The van der Waals surface area contributed by atoms with Crippen molar-refractivity contribution in [1.29, 1.82) is 0 Å². The van der Waals surface area contributed by atoms with Gasteiger partial charge in [0.15, 0.2) is 6.10 Å². The minimum atomic E-state index is -0.591. The fourth-order valence-corrected chi connectivity index (χ4v) is 1.98. The molecule has 0 bridgehead atoms. The fourth-order valence-electron chi connectivity index (χ4n) is 1.98. The molecule has 0 unspecified atom stereocenters. The van der Waals surface area contributed by atoms with Gasteiger partial charge < -0.3 is 15.8 Å². The summed E-state index contributed by atoms with van der Waals surface area (Å²) in [6.45, 7) is 2.03. The molecule has 1 aliphatic heterocycles. The molecule has 3 amide bonds. The Morgan fingerprint density at radius 3 is 2.85 bits per heavy atom. The van der Waals surface area contributed by atoms with Crippen LogP contribution in [0.3, 0.4) is 0 Å². The maximum atomic E-state index is 11.8. The molecule has 7 nitrogen and oxygen atoms in total. The first-order valence-corrected chi connectivity index (χ1v) is 5.91. The Kier molecular flexibility index (Phi) is 5.04. The van der Waals surface area contributed by atoms with Crippen molar-refractivity contribution in [1.82, 2.24) is 15.2 Å². The highest BCUT2D eigenvalue weighted by Crippen LogP contribution is 2.23. The lowest BCUT2D eigenvalue weighted by atomic mass is 10.0. The van der Waals surface area contributed by atoms with Crippen LogP contribution in [0.25, 0.3) is 0 Å². The van der Waals surface area contributed by atoms with Gasteiger partial charge in [0.05, 0.1) is 12.6 Å². The van der Waals surface area contributed by atoms with Crippen LogP contribution >= 0.6 is 0 Å². The van der Waals surface area contributed by atoms with E-state index in [1.54, 1.807) is 25.3 Å². The van der Waals surface area contributed by atoms with Crippen LogP contribution in [0.5, 0.6) is 0 Å². The van der Waals surface area contributed by atoms with Crippen LogP contribution in [-0.2, 0) is 16.1 Å². The van der Waals surface area contributed by atoms with Crippen LogP contribution in [0.1, 0.15) is 19.9 Å². The second kappa shape index (κ2) is 6.33. The van der Waals surface area contributed by atoms with E-state index in [1.165, 1.54) is 7.05 Å². The number of hydrogen-bond acceptors (Lipinski definition) is 5. The van der Waals surface area contributed by atoms with Crippen LogP contribution in [0.2, 0.25) is 0 Å². The van der Waals surface area contributed by atoms with Crippen LogP contribution in [0.15, 0.2) is 18.3 Å². The maximum Gasteiger partial charge on any atom is 0.324 e. The molecule has 0 aliphatic carbocycles. The van der Waals surface area contributed by atoms with Crippen molar-refractivity contribution in [3.63, 3.8) is 0 Å². The first-order valence-electron chi connectivity index (χ1n) is 5.91. The highest BCUT2D eigenvalue weighted by atomic mass is 16.5. The number of likely N-dealkylation sites (tertiary alicyclic amines) is 1. The quantitative estimate of drug-likeness (QED) is 0.796. The molecule has 1 aromatic heterocycles. The number of anilines is 1. The molecule has 0 aromatic carbocycles. The summed E-state index contributed by atoms with van der Waals surface area (Å²) in [6, 6.07) is 2.77. The number of hydrogen-bond donors (Lipinski definition) is 2. The third-order valence-electron chi connectivity index (χ3n) is 3.03. The van der Waals surface area contributed by atoms with Crippen molar-refractivity contribution >= 4 is 17.8 Å². The number of nitrogens with two attached hydrogens (primary N) is 1. The molecule has 3 N–H and O–H groups in total. The zero-order valence-corrected chi connectivity index (χ0v) is 10.8. The number of nitrogens with zero attached hydrogens (tertiary/aromatic N) is 2. The number of urea groups is 1. The van der Waals surface area contributed by atoms with E-state index in [0.717, 1.165) is 10.5 Å². The summed E-state index contributed by atoms with van der Waals surface area (Å²) in [5, 5.41) is 2.42.